The lowest BCUT2D eigenvalue weighted by Gasteiger charge is -2.10. The van der Waals surface area contributed by atoms with E-state index in [2.05, 4.69) is 4.72 Å². The molecule has 1 aromatic carbocycles. The van der Waals surface area contributed by atoms with E-state index >= 15 is 0 Å². The van der Waals surface area contributed by atoms with Crippen LogP contribution in [0, 0.1) is 6.92 Å². The second-order valence-corrected chi connectivity index (χ2v) is 6.83. The van der Waals surface area contributed by atoms with E-state index < -0.39 is 10.0 Å². The Labute approximate surface area is 125 Å². The van der Waals surface area contributed by atoms with Gasteiger partial charge in [0.2, 0.25) is 10.0 Å². The van der Waals surface area contributed by atoms with Gasteiger partial charge in [0.05, 0.1) is 4.90 Å². The molecule has 0 aromatic heterocycles. The topological polar surface area (TPSA) is 92.4 Å². The summed E-state index contributed by atoms with van der Waals surface area (Å²) in [5.74, 6) is 0. The molecule has 0 bridgehead atoms. The zero-order chi connectivity index (χ0) is 15.2. The second kappa shape index (κ2) is 7.83. The molecule has 0 amide bonds. The number of nitrogens with two attached hydrogens (primary N) is 1. The van der Waals surface area contributed by atoms with Gasteiger partial charge in [-0.25, -0.2) is 13.1 Å². The maximum absolute atomic E-state index is 12.1. The molecule has 0 saturated heterocycles. The van der Waals surface area contributed by atoms with Crippen molar-refractivity contribution in [2.45, 2.75) is 37.5 Å². The standard InChI is InChI=1S/C13H21ClN2O3S/c1-10-12(14)8-11(9-13(10)15)20(18,19)16-6-4-2-3-5-7-17/h8-9,16-17H,2-7,15H2,1H3. The molecule has 5 nitrogen and oxygen atoms in total. The fourth-order valence-corrected chi connectivity index (χ4v) is 3.14. The Morgan fingerprint density at radius 2 is 1.90 bits per heavy atom. The zero-order valence-corrected chi connectivity index (χ0v) is 13.1. The first-order valence-electron chi connectivity index (χ1n) is 6.54. The molecule has 0 aliphatic rings. The maximum atomic E-state index is 12.1. The van der Waals surface area contributed by atoms with Crippen LogP contribution < -0.4 is 10.5 Å². The Morgan fingerprint density at radius 1 is 1.25 bits per heavy atom. The Balaban J connectivity index is 2.61. The van der Waals surface area contributed by atoms with Crippen LogP contribution in [0.25, 0.3) is 0 Å². The molecule has 0 spiro atoms. The minimum Gasteiger partial charge on any atom is -0.398 e. The fraction of sp³-hybridized carbons (Fsp3) is 0.538. The monoisotopic (exact) mass is 320 g/mol. The van der Waals surface area contributed by atoms with E-state index in [0.717, 1.165) is 25.7 Å². The van der Waals surface area contributed by atoms with Crippen LogP contribution in [0.4, 0.5) is 5.69 Å². The van der Waals surface area contributed by atoms with E-state index in [9.17, 15) is 8.42 Å². The first-order chi connectivity index (χ1) is 9.38. The third-order valence-electron chi connectivity index (χ3n) is 3.05. The van der Waals surface area contributed by atoms with E-state index in [4.69, 9.17) is 22.4 Å². The molecule has 0 aliphatic heterocycles. The van der Waals surface area contributed by atoms with Crippen molar-refractivity contribution in [1.29, 1.82) is 0 Å². The quantitative estimate of drug-likeness (QED) is 0.505. The van der Waals surface area contributed by atoms with Crippen LogP contribution in [0.15, 0.2) is 17.0 Å². The molecule has 0 fully saturated rings. The largest absolute Gasteiger partial charge is 0.398 e. The minimum atomic E-state index is -3.58. The van der Waals surface area contributed by atoms with Crippen molar-refractivity contribution >= 4 is 27.3 Å². The van der Waals surface area contributed by atoms with Crippen LogP contribution >= 0.6 is 11.6 Å². The molecule has 0 aliphatic carbocycles. The third-order valence-corrected chi connectivity index (χ3v) is 4.88. The highest BCUT2D eigenvalue weighted by Gasteiger charge is 2.16. The Kier molecular flexibility index (Phi) is 6.75. The number of anilines is 1. The Bertz CT molecular complexity index is 524. The van der Waals surface area contributed by atoms with Crippen molar-refractivity contribution in [3.05, 3.63) is 22.7 Å². The summed E-state index contributed by atoms with van der Waals surface area (Å²) in [6.45, 7) is 2.27. The van der Waals surface area contributed by atoms with Crippen molar-refractivity contribution in [2.24, 2.45) is 0 Å². The van der Waals surface area contributed by atoms with Crippen LogP contribution in [0.5, 0.6) is 0 Å². The highest BCUT2D eigenvalue weighted by Crippen LogP contribution is 2.25. The van der Waals surface area contributed by atoms with Gasteiger partial charge in [0, 0.05) is 23.9 Å². The van der Waals surface area contributed by atoms with Gasteiger partial charge in [0.25, 0.3) is 0 Å². The lowest BCUT2D eigenvalue weighted by Crippen LogP contribution is -2.25. The first-order valence-corrected chi connectivity index (χ1v) is 8.40. The number of aliphatic hydroxyl groups is 1. The van der Waals surface area contributed by atoms with E-state index in [1.807, 2.05) is 0 Å². The summed E-state index contributed by atoms with van der Waals surface area (Å²) in [5, 5.41) is 8.98. The predicted octanol–water partition coefficient (Wildman–Crippen LogP) is 2.06. The van der Waals surface area contributed by atoms with Crippen molar-refractivity contribution in [1.82, 2.24) is 4.72 Å². The van der Waals surface area contributed by atoms with Crippen molar-refractivity contribution in [2.75, 3.05) is 18.9 Å². The summed E-state index contributed by atoms with van der Waals surface area (Å²) in [4.78, 5) is 0.0842. The molecule has 7 heteroatoms. The number of nitrogens with one attached hydrogen (secondary N) is 1. The number of unbranched alkanes of at least 4 members (excludes halogenated alkanes) is 3. The van der Waals surface area contributed by atoms with Crippen LogP contribution in [-0.4, -0.2) is 26.7 Å². The predicted molar refractivity (Wildman–Crippen MR) is 81.3 cm³/mol. The SMILES string of the molecule is Cc1c(N)cc(S(=O)(=O)NCCCCCCO)cc1Cl. The molecule has 0 atom stereocenters. The average molecular weight is 321 g/mol. The molecule has 0 heterocycles. The summed E-state index contributed by atoms with van der Waals surface area (Å²) >= 11 is 5.95. The summed E-state index contributed by atoms with van der Waals surface area (Å²) in [7, 11) is -3.58. The number of sulfonamides is 1. The first kappa shape index (κ1) is 17.2. The lowest BCUT2D eigenvalue weighted by atomic mass is 10.2. The van der Waals surface area contributed by atoms with Gasteiger partial charge >= 0.3 is 0 Å². The molecule has 0 unspecified atom stereocenters. The van der Waals surface area contributed by atoms with Gasteiger partial charge in [-0.05, 0) is 37.5 Å². The fourth-order valence-electron chi connectivity index (χ4n) is 1.71. The smallest absolute Gasteiger partial charge is 0.240 e. The normalized spacial score (nSPS) is 11.8. The van der Waals surface area contributed by atoms with Crippen molar-refractivity contribution in [3.63, 3.8) is 0 Å². The average Bonchev–Trinajstić information content (AvgIpc) is 2.39. The molecule has 20 heavy (non-hydrogen) atoms. The third kappa shape index (κ3) is 4.94. The van der Waals surface area contributed by atoms with Crippen LogP contribution in [-0.2, 0) is 10.0 Å². The highest BCUT2D eigenvalue weighted by atomic mass is 35.5. The summed E-state index contributed by atoms with van der Waals surface area (Å²) < 4.78 is 26.7. The number of rotatable bonds is 8. The summed E-state index contributed by atoms with van der Waals surface area (Å²) in [6.07, 6.45) is 3.24. The molecule has 1 aromatic rings. The number of hydrogen-bond donors (Lipinski definition) is 3. The van der Waals surface area contributed by atoms with E-state index in [1.54, 1.807) is 6.92 Å². The van der Waals surface area contributed by atoms with Gasteiger partial charge in [0.1, 0.15) is 0 Å². The van der Waals surface area contributed by atoms with Crippen LogP contribution in [0.1, 0.15) is 31.2 Å². The molecule has 1 rings (SSSR count). The maximum Gasteiger partial charge on any atom is 0.240 e. The molecule has 114 valence electrons. The van der Waals surface area contributed by atoms with Gasteiger partial charge in [-0.15, -0.1) is 0 Å². The van der Waals surface area contributed by atoms with E-state index in [0.29, 0.717) is 22.8 Å². The van der Waals surface area contributed by atoms with Gasteiger partial charge in [0.15, 0.2) is 0 Å². The zero-order valence-electron chi connectivity index (χ0n) is 11.5. The molecule has 0 radical (unpaired) electrons. The Morgan fingerprint density at radius 3 is 2.50 bits per heavy atom. The summed E-state index contributed by atoms with van der Waals surface area (Å²) in [5.41, 5.74) is 6.76. The second-order valence-electron chi connectivity index (χ2n) is 4.65. The van der Waals surface area contributed by atoms with Crippen molar-refractivity contribution in [3.8, 4) is 0 Å². The van der Waals surface area contributed by atoms with Gasteiger partial charge in [-0.2, -0.15) is 0 Å². The molecular formula is C13H21ClN2O3S. The lowest BCUT2D eigenvalue weighted by molar-refractivity contribution is 0.282. The molecular weight excluding hydrogens is 300 g/mol. The highest BCUT2D eigenvalue weighted by molar-refractivity contribution is 7.89. The number of hydrogen-bond acceptors (Lipinski definition) is 4. The van der Waals surface area contributed by atoms with Gasteiger partial charge < -0.3 is 10.8 Å². The number of aliphatic hydroxyl groups excluding tert-OH is 1. The Hall–Kier alpha value is -0.820. The number of benzene rings is 1. The van der Waals surface area contributed by atoms with Gasteiger partial charge in [-0.1, -0.05) is 24.4 Å². The van der Waals surface area contributed by atoms with Crippen LogP contribution in [0.2, 0.25) is 5.02 Å². The molecule has 4 N–H and O–H groups in total. The van der Waals surface area contributed by atoms with E-state index in [1.165, 1.54) is 12.1 Å². The number of nitrogen functional groups attached to an aromatic ring is 1. The van der Waals surface area contributed by atoms with Crippen molar-refractivity contribution < 1.29 is 13.5 Å². The van der Waals surface area contributed by atoms with E-state index in [-0.39, 0.29) is 11.5 Å². The minimum absolute atomic E-state index is 0.0842. The summed E-state index contributed by atoms with van der Waals surface area (Å²) in [6, 6.07) is 2.82. The number of halogens is 1. The van der Waals surface area contributed by atoms with Gasteiger partial charge in [-0.3, -0.25) is 0 Å². The van der Waals surface area contributed by atoms with Crippen LogP contribution in [0.3, 0.4) is 0 Å². The molecule has 0 saturated carbocycles.